The molecular formula is C82H89F8N7O10S2. The van der Waals surface area contributed by atoms with Gasteiger partial charge in [0, 0.05) is 43.1 Å². The summed E-state index contributed by atoms with van der Waals surface area (Å²) in [4.78, 5) is 58.0. The molecule has 4 amide bonds. The average molecular weight is 1550 g/mol. The second-order valence-corrected chi connectivity index (χ2v) is 30.5. The van der Waals surface area contributed by atoms with Crippen molar-refractivity contribution in [1.29, 1.82) is 5.26 Å². The Bertz CT molecular complexity index is 4430. The number of likely N-dealkylation sites (tertiary alicyclic amines) is 2. The highest BCUT2D eigenvalue weighted by Crippen LogP contribution is 2.43. The van der Waals surface area contributed by atoms with Crippen molar-refractivity contribution in [2.24, 2.45) is 11.8 Å². The molecule has 2 saturated heterocycles. The number of nitriles is 1. The number of nitrogens with zero attached hydrogens (tertiary/aromatic N) is 3. The zero-order chi connectivity index (χ0) is 79.7. The van der Waals surface area contributed by atoms with Crippen LogP contribution in [-0.4, -0.2) is 84.5 Å². The Kier molecular flexibility index (Phi) is 29.2. The van der Waals surface area contributed by atoms with Crippen LogP contribution in [0.3, 0.4) is 0 Å². The third-order valence-corrected chi connectivity index (χ3v) is 21.4. The molecule has 0 bridgehead atoms. The first kappa shape index (κ1) is 84.8. The van der Waals surface area contributed by atoms with Crippen molar-refractivity contribution in [2.75, 3.05) is 29.0 Å². The summed E-state index contributed by atoms with van der Waals surface area (Å²) in [6.45, 7) is 11.8. The van der Waals surface area contributed by atoms with E-state index >= 15 is 0 Å². The van der Waals surface area contributed by atoms with Gasteiger partial charge in [-0.05, 0) is 224 Å². The normalized spacial score (nSPS) is 17.5. The van der Waals surface area contributed by atoms with Gasteiger partial charge in [0.2, 0.25) is 11.8 Å². The zero-order valence-electron chi connectivity index (χ0n) is 61.4. The van der Waals surface area contributed by atoms with Crippen molar-refractivity contribution in [2.45, 2.75) is 172 Å². The summed E-state index contributed by atoms with van der Waals surface area (Å²) in [5.41, 5.74) is 4.74. The lowest BCUT2D eigenvalue weighted by molar-refractivity contribution is -0.609. The molecule has 17 nitrogen and oxygen atoms in total. The van der Waals surface area contributed by atoms with Crippen LogP contribution < -0.4 is 21.3 Å². The maximum absolute atomic E-state index is 14.9. The van der Waals surface area contributed by atoms with E-state index in [1.165, 1.54) is 118 Å². The average Bonchev–Trinajstić information content (AvgIpc) is 0.937. The highest BCUT2D eigenvalue weighted by molar-refractivity contribution is 7.86. The van der Waals surface area contributed by atoms with Crippen molar-refractivity contribution < 1.29 is 85.6 Å². The summed E-state index contributed by atoms with van der Waals surface area (Å²) >= 11 is 0. The number of amides is 4. The summed E-state index contributed by atoms with van der Waals surface area (Å²) in [6.07, 6.45) is 2.02. The third-order valence-electron chi connectivity index (χ3n) is 19.7. The molecule has 4 atom stereocenters. The van der Waals surface area contributed by atoms with Gasteiger partial charge < -0.3 is 35.6 Å². The van der Waals surface area contributed by atoms with Crippen molar-refractivity contribution >= 4 is 66.6 Å². The molecule has 0 unspecified atom stereocenters. The Hall–Kier alpha value is -9.85. The van der Waals surface area contributed by atoms with Gasteiger partial charge in [-0.1, -0.05) is 109 Å². The van der Waals surface area contributed by atoms with Crippen molar-refractivity contribution in [3.8, 4) is 6.07 Å². The molecule has 0 spiro atoms. The molecule has 2 aliphatic heterocycles. The van der Waals surface area contributed by atoms with Gasteiger partial charge in [0.05, 0.1) is 68.1 Å². The number of quaternary nitrogens is 1. The first-order valence-corrected chi connectivity index (χ1v) is 38.6. The second kappa shape index (κ2) is 37.5. The maximum atomic E-state index is 14.9. The molecule has 8 aromatic carbocycles. The van der Waals surface area contributed by atoms with Crippen LogP contribution in [0.2, 0.25) is 0 Å². The SMILES string of the molecule is CC#N.Cc1ccc(NC(=O)[C@H]2CCCN(C(=O)c3c(C)cccc3F)[C@H]2c2ccc(NC3CCCC3)cc2)cc1C(F)(F)F.Cc1ccc(NC(=O)[C@H]2CCCN(C(=O)c3c(C)cccc3F)[C@H]2c2ccc([NH2+]C3CCCC3)cc2)cc1C(F)(F)F.Cc1ccc(S(=O)(=O)O)cc1.Cc1ccc(S(=O)(=O)[O-])cc1. The van der Waals surface area contributed by atoms with E-state index in [0.29, 0.717) is 67.5 Å². The predicted molar refractivity (Wildman–Crippen MR) is 399 cm³/mol. The van der Waals surface area contributed by atoms with Gasteiger partial charge in [0.25, 0.3) is 21.9 Å². The first-order chi connectivity index (χ1) is 51.5. The van der Waals surface area contributed by atoms with Gasteiger partial charge in [-0.3, -0.25) is 23.7 Å². The van der Waals surface area contributed by atoms with Crippen molar-refractivity contribution in [3.05, 3.63) is 248 Å². The molecular weight excluding hydrogens is 1460 g/mol. The molecule has 4 aliphatic rings. The van der Waals surface area contributed by atoms with E-state index in [2.05, 4.69) is 21.3 Å². The van der Waals surface area contributed by atoms with Crippen LogP contribution in [0.5, 0.6) is 0 Å². The summed E-state index contributed by atoms with van der Waals surface area (Å²) < 4.78 is 172. The van der Waals surface area contributed by atoms with E-state index in [1.807, 2.05) is 62.4 Å². The summed E-state index contributed by atoms with van der Waals surface area (Å²) in [7, 11) is -8.29. The number of rotatable bonds is 14. The minimum Gasteiger partial charge on any atom is -0.744 e. The first-order valence-electron chi connectivity index (χ1n) is 35.8. The number of aryl methyl sites for hydroxylation is 6. The minimum absolute atomic E-state index is 0.0289. The molecule has 12 rings (SSSR count). The fourth-order valence-corrected chi connectivity index (χ4v) is 15.0. The van der Waals surface area contributed by atoms with Crippen molar-refractivity contribution in [1.82, 2.24) is 9.80 Å². The van der Waals surface area contributed by atoms with Crippen LogP contribution in [0.1, 0.15) is 172 Å². The Balaban J connectivity index is 0.000000208. The molecule has 2 heterocycles. The van der Waals surface area contributed by atoms with Gasteiger partial charge in [-0.15, -0.1) is 0 Å². The summed E-state index contributed by atoms with van der Waals surface area (Å²) in [5.74, 6) is -4.80. The summed E-state index contributed by atoms with van der Waals surface area (Å²) in [5, 5.41) is 18.5. The number of piperidine rings is 2. The van der Waals surface area contributed by atoms with E-state index in [0.717, 1.165) is 65.9 Å². The minimum atomic E-state index is -4.56. The Morgan fingerprint density at radius 1 is 0.505 bits per heavy atom. The van der Waals surface area contributed by atoms with Gasteiger partial charge in [-0.25, -0.2) is 17.2 Å². The van der Waals surface area contributed by atoms with Crippen LogP contribution in [0.4, 0.5) is 57.9 Å². The molecule has 2 saturated carbocycles. The van der Waals surface area contributed by atoms with Crippen LogP contribution in [0, 0.1) is 76.3 Å². The van der Waals surface area contributed by atoms with Crippen LogP contribution >= 0.6 is 0 Å². The summed E-state index contributed by atoms with van der Waals surface area (Å²) in [6, 6.07) is 44.6. The fourth-order valence-electron chi connectivity index (χ4n) is 14.1. The lowest BCUT2D eigenvalue weighted by atomic mass is 9.83. The van der Waals surface area contributed by atoms with Gasteiger partial charge in [0.15, 0.2) is 0 Å². The standard InChI is InChI=1S/2C33H35F4N3O2.2C7H8O3S.C2H3N/c2*1-20-12-15-25(19-27(20)33(35,36)37)39-31(41)26-10-6-18-40(32(42)29-21(2)7-5-11-28(29)34)30(26)22-13-16-24(17-14-22)38-23-8-3-4-9-23;2*1-6-2-4-7(5-3-6)11(8,9)10;1-2-3/h2*5,7,11-17,19,23,26,30,38H,3-4,6,8-10,18H2,1-2H3,(H,39,41);2*2-5H,1H3,(H,8,9,10);1H3/t2*26-,30-;;;/m00.../s1. The highest BCUT2D eigenvalue weighted by atomic mass is 32.2. The molecule has 0 aromatic heterocycles. The lowest BCUT2D eigenvalue weighted by Crippen LogP contribution is -2.83. The number of hydrogen-bond donors (Lipinski definition) is 5. The van der Waals surface area contributed by atoms with E-state index < -0.39 is 103 Å². The maximum Gasteiger partial charge on any atom is 0.416 e. The number of nitrogens with one attached hydrogen (secondary N) is 3. The van der Waals surface area contributed by atoms with Crippen LogP contribution in [-0.2, 0) is 42.2 Å². The van der Waals surface area contributed by atoms with E-state index in [-0.39, 0.29) is 43.4 Å². The largest absolute Gasteiger partial charge is 0.744 e. The predicted octanol–water partition coefficient (Wildman–Crippen LogP) is 17.5. The van der Waals surface area contributed by atoms with E-state index in [4.69, 9.17) is 9.81 Å². The van der Waals surface area contributed by atoms with Crippen LogP contribution in [0.15, 0.2) is 180 Å². The number of benzene rings is 8. The highest BCUT2D eigenvalue weighted by Gasteiger charge is 2.43. The van der Waals surface area contributed by atoms with Gasteiger partial charge in [0.1, 0.15) is 27.4 Å². The quantitative estimate of drug-likeness (QED) is 0.0387. The second-order valence-electron chi connectivity index (χ2n) is 27.7. The molecule has 0 radical (unpaired) electrons. The number of nitrogens with two attached hydrogens (primary N) is 1. The zero-order valence-corrected chi connectivity index (χ0v) is 63.0. The number of carbonyl (C=O) groups excluding carboxylic acids is 4. The topological polar surface area (TPSA) is 263 Å². The van der Waals surface area contributed by atoms with Crippen molar-refractivity contribution in [3.63, 3.8) is 0 Å². The number of carbonyl (C=O) groups is 4. The molecule has 27 heteroatoms. The van der Waals surface area contributed by atoms with E-state index in [1.54, 1.807) is 67.3 Å². The third kappa shape index (κ3) is 23.1. The van der Waals surface area contributed by atoms with Gasteiger partial charge >= 0.3 is 12.4 Å². The Labute approximate surface area is 631 Å². The smallest absolute Gasteiger partial charge is 0.416 e. The number of halogens is 8. The van der Waals surface area contributed by atoms with Gasteiger partial charge in [-0.2, -0.15) is 40.0 Å². The molecule has 4 fully saturated rings. The van der Waals surface area contributed by atoms with E-state index in [9.17, 15) is 75.7 Å². The number of anilines is 3. The molecule has 2 aliphatic carbocycles. The Morgan fingerprint density at radius 3 is 1.26 bits per heavy atom. The molecule has 109 heavy (non-hydrogen) atoms. The molecule has 580 valence electrons. The fraction of sp³-hybridized carbons (Fsp3) is 0.354. The Morgan fingerprint density at radius 2 is 0.881 bits per heavy atom. The number of hydrogen-bond acceptors (Lipinski definition) is 11. The monoisotopic (exact) mass is 1550 g/mol. The lowest BCUT2D eigenvalue weighted by Gasteiger charge is -2.41. The molecule has 6 N–H and O–H groups in total. The molecule has 8 aromatic rings. The number of alkyl halides is 6. The van der Waals surface area contributed by atoms with Crippen LogP contribution in [0.25, 0.3) is 0 Å².